The summed E-state index contributed by atoms with van der Waals surface area (Å²) in [5.41, 5.74) is 2.62. The van der Waals surface area contributed by atoms with Gasteiger partial charge in [-0.25, -0.2) is 0 Å². The lowest BCUT2D eigenvalue weighted by atomic mass is 10.2. The van der Waals surface area contributed by atoms with Crippen LogP contribution in [0.15, 0.2) is 41.1 Å². The number of ether oxygens (including phenoxy) is 1. The maximum absolute atomic E-state index is 5.70. The fraction of sp³-hybridized carbons (Fsp3) is 0.286. The summed E-state index contributed by atoms with van der Waals surface area (Å²) in [6, 6.07) is 10.4. The summed E-state index contributed by atoms with van der Waals surface area (Å²) in [6.45, 7) is 1.64. The Kier molecular flexibility index (Phi) is 4.59. The van der Waals surface area contributed by atoms with Gasteiger partial charge < -0.3 is 10.1 Å². The zero-order valence-corrected chi connectivity index (χ0v) is 10.8. The first-order valence-electron chi connectivity index (χ1n) is 5.76. The zero-order chi connectivity index (χ0) is 11.9. The van der Waals surface area contributed by atoms with Gasteiger partial charge >= 0.3 is 0 Å². The molecule has 1 aromatic heterocycles. The molecule has 2 rings (SSSR count). The minimum Gasteiger partial charge on any atom is -0.493 e. The molecule has 2 aromatic rings. The van der Waals surface area contributed by atoms with Crippen molar-refractivity contribution in [2.24, 2.45) is 0 Å². The summed E-state index contributed by atoms with van der Waals surface area (Å²) in [6.07, 6.45) is 0.974. The van der Waals surface area contributed by atoms with Gasteiger partial charge in [0.2, 0.25) is 0 Å². The van der Waals surface area contributed by atoms with Gasteiger partial charge in [0.05, 0.1) is 6.61 Å². The highest BCUT2D eigenvalue weighted by molar-refractivity contribution is 7.07. The van der Waals surface area contributed by atoms with E-state index in [4.69, 9.17) is 4.74 Å². The van der Waals surface area contributed by atoms with E-state index in [-0.39, 0.29) is 0 Å². The van der Waals surface area contributed by atoms with E-state index in [2.05, 4.69) is 34.3 Å². The molecular weight excluding hydrogens is 230 g/mol. The van der Waals surface area contributed by atoms with Crippen molar-refractivity contribution < 1.29 is 4.74 Å². The van der Waals surface area contributed by atoms with Crippen LogP contribution < -0.4 is 10.1 Å². The summed E-state index contributed by atoms with van der Waals surface area (Å²) in [5, 5.41) is 7.39. The van der Waals surface area contributed by atoms with Gasteiger partial charge in [0.15, 0.2) is 0 Å². The molecule has 0 amide bonds. The predicted octanol–water partition coefficient (Wildman–Crippen LogP) is 3.09. The topological polar surface area (TPSA) is 21.3 Å². The Bertz CT molecular complexity index is 422. The summed E-state index contributed by atoms with van der Waals surface area (Å²) >= 11 is 1.73. The molecule has 0 atom stereocenters. The lowest BCUT2D eigenvalue weighted by Gasteiger charge is -2.06. The second-order valence-corrected chi connectivity index (χ2v) is 4.68. The lowest BCUT2D eigenvalue weighted by molar-refractivity contribution is 0.322. The fourth-order valence-electron chi connectivity index (χ4n) is 1.63. The molecule has 0 spiro atoms. The number of hydrogen-bond donors (Lipinski definition) is 1. The Hall–Kier alpha value is -1.32. The zero-order valence-electron chi connectivity index (χ0n) is 9.98. The van der Waals surface area contributed by atoms with Crippen LogP contribution in [-0.4, -0.2) is 13.7 Å². The molecule has 1 aromatic carbocycles. The summed E-state index contributed by atoms with van der Waals surface area (Å²) in [4.78, 5) is 0. The summed E-state index contributed by atoms with van der Waals surface area (Å²) in [7, 11) is 1.95. The van der Waals surface area contributed by atoms with E-state index < -0.39 is 0 Å². The van der Waals surface area contributed by atoms with Crippen LogP contribution in [0, 0.1) is 0 Å². The highest BCUT2D eigenvalue weighted by Gasteiger charge is 1.96. The van der Waals surface area contributed by atoms with Gasteiger partial charge in [-0.15, -0.1) is 0 Å². The standard InChI is InChI=1S/C14H17NOS/c1-15-10-12-2-4-14(5-3-12)16-8-6-13-7-9-17-11-13/h2-5,7,9,11,15H,6,8,10H2,1H3. The molecule has 0 saturated heterocycles. The third-order valence-corrected chi connectivity index (χ3v) is 3.28. The molecule has 90 valence electrons. The predicted molar refractivity (Wildman–Crippen MR) is 72.7 cm³/mol. The van der Waals surface area contributed by atoms with Crippen LogP contribution in [-0.2, 0) is 13.0 Å². The third kappa shape index (κ3) is 3.88. The van der Waals surface area contributed by atoms with E-state index in [1.54, 1.807) is 11.3 Å². The number of rotatable bonds is 6. The first-order valence-corrected chi connectivity index (χ1v) is 6.70. The van der Waals surface area contributed by atoms with E-state index in [9.17, 15) is 0 Å². The number of nitrogens with one attached hydrogen (secondary N) is 1. The molecule has 0 aliphatic carbocycles. The van der Waals surface area contributed by atoms with Gasteiger partial charge in [-0.2, -0.15) is 11.3 Å². The molecule has 1 heterocycles. The lowest BCUT2D eigenvalue weighted by Crippen LogP contribution is -2.05. The molecule has 0 radical (unpaired) electrons. The average molecular weight is 247 g/mol. The third-order valence-electron chi connectivity index (χ3n) is 2.54. The van der Waals surface area contributed by atoms with Crippen LogP contribution in [0.1, 0.15) is 11.1 Å². The van der Waals surface area contributed by atoms with E-state index in [1.165, 1.54) is 11.1 Å². The molecule has 0 saturated carbocycles. The molecule has 0 bridgehead atoms. The quantitative estimate of drug-likeness (QED) is 0.847. The second kappa shape index (κ2) is 6.42. The molecule has 1 N–H and O–H groups in total. The van der Waals surface area contributed by atoms with Crippen molar-refractivity contribution >= 4 is 11.3 Å². The van der Waals surface area contributed by atoms with Crippen molar-refractivity contribution in [3.63, 3.8) is 0 Å². The van der Waals surface area contributed by atoms with Crippen LogP contribution >= 0.6 is 11.3 Å². The van der Waals surface area contributed by atoms with Crippen LogP contribution in [0.25, 0.3) is 0 Å². The van der Waals surface area contributed by atoms with E-state index in [1.807, 2.05) is 19.2 Å². The monoisotopic (exact) mass is 247 g/mol. The van der Waals surface area contributed by atoms with E-state index in [0.29, 0.717) is 0 Å². The van der Waals surface area contributed by atoms with Crippen molar-refractivity contribution in [3.05, 3.63) is 52.2 Å². The molecule has 2 nitrogen and oxygen atoms in total. The number of thiophene rings is 1. The SMILES string of the molecule is CNCc1ccc(OCCc2ccsc2)cc1. The van der Waals surface area contributed by atoms with Gasteiger partial charge in [-0.05, 0) is 47.1 Å². The van der Waals surface area contributed by atoms with Gasteiger partial charge in [0.25, 0.3) is 0 Å². The van der Waals surface area contributed by atoms with Gasteiger partial charge in [-0.1, -0.05) is 12.1 Å². The average Bonchev–Trinajstić information content (AvgIpc) is 2.85. The summed E-state index contributed by atoms with van der Waals surface area (Å²) in [5.74, 6) is 0.945. The molecule has 0 fully saturated rings. The smallest absolute Gasteiger partial charge is 0.119 e. The van der Waals surface area contributed by atoms with Crippen molar-refractivity contribution in [3.8, 4) is 5.75 Å². The van der Waals surface area contributed by atoms with Gasteiger partial charge in [0.1, 0.15) is 5.75 Å². The second-order valence-electron chi connectivity index (χ2n) is 3.90. The number of benzene rings is 1. The molecular formula is C14H17NOS. The van der Waals surface area contributed by atoms with Crippen molar-refractivity contribution in [2.45, 2.75) is 13.0 Å². The first-order chi connectivity index (χ1) is 8.38. The highest BCUT2D eigenvalue weighted by atomic mass is 32.1. The van der Waals surface area contributed by atoms with E-state index >= 15 is 0 Å². The van der Waals surface area contributed by atoms with E-state index in [0.717, 1.165) is 25.3 Å². The maximum atomic E-state index is 5.70. The van der Waals surface area contributed by atoms with Gasteiger partial charge in [-0.3, -0.25) is 0 Å². The summed E-state index contributed by atoms with van der Waals surface area (Å²) < 4.78 is 5.70. The molecule has 3 heteroatoms. The van der Waals surface area contributed by atoms with Crippen molar-refractivity contribution in [1.29, 1.82) is 0 Å². The molecule has 0 aliphatic rings. The molecule has 0 unspecified atom stereocenters. The minimum absolute atomic E-state index is 0.738. The number of hydrogen-bond acceptors (Lipinski definition) is 3. The van der Waals surface area contributed by atoms with Crippen molar-refractivity contribution in [1.82, 2.24) is 5.32 Å². The minimum atomic E-state index is 0.738. The Balaban J connectivity index is 1.79. The van der Waals surface area contributed by atoms with Crippen LogP contribution in [0.2, 0.25) is 0 Å². The Morgan fingerprint density at radius 2 is 1.94 bits per heavy atom. The van der Waals surface area contributed by atoms with Crippen LogP contribution in [0.4, 0.5) is 0 Å². The Morgan fingerprint density at radius 3 is 2.59 bits per heavy atom. The van der Waals surface area contributed by atoms with Crippen LogP contribution in [0.5, 0.6) is 5.75 Å². The largest absolute Gasteiger partial charge is 0.493 e. The maximum Gasteiger partial charge on any atom is 0.119 e. The highest BCUT2D eigenvalue weighted by Crippen LogP contribution is 2.13. The molecule has 17 heavy (non-hydrogen) atoms. The van der Waals surface area contributed by atoms with Crippen LogP contribution in [0.3, 0.4) is 0 Å². The first kappa shape index (κ1) is 12.1. The Labute approximate surface area is 106 Å². The van der Waals surface area contributed by atoms with Crippen molar-refractivity contribution in [2.75, 3.05) is 13.7 Å². The molecule has 0 aliphatic heterocycles. The Morgan fingerprint density at radius 1 is 1.12 bits per heavy atom. The normalized spacial score (nSPS) is 10.4. The van der Waals surface area contributed by atoms with Gasteiger partial charge in [0, 0.05) is 13.0 Å². The fourth-order valence-corrected chi connectivity index (χ4v) is 2.33.